The summed E-state index contributed by atoms with van der Waals surface area (Å²) >= 11 is 0. The van der Waals surface area contributed by atoms with E-state index in [9.17, 15) is 4.79 Å². The number of allylic oxidation sites excluding steroid dienone is 1. The van der Waals surface area contributed by atoms with Crippen LogP contribution in [0.4, 0.5) is 0 Å². The molecule has 0 saturated heterocycles. The standard InChI is InChI=1S/C12H16O2/c1-7(2)12(13)14-11-6-9-5-10(11)4-8(9)3/h4,9-11H,1,5-6H2,2-3H3. The number of ether oxygens (including phenoxy) is 1. The maximum absolute atomic E-state index is 11.3. The summed E-state index contributed by atoms with van der Waals surface area (Å²) in [6.07, 6.45) is 4.53. The molecule has 0 radical (unpaired) electrons. The summed E-state index contributed by atoms with van der Waals surface area (Å²) in [5, 5.41) is 0. The van der Waals surface area contributed by atoms with Crippen molar-refractivity contribution in [3.05, 3.63) is 23.8 Å². The van der Waals surface area contributed by atoms with Gasteiger partial charge in [-0.15, -0.1) is 0 Å². The second-order valence-electron chi connectivity index (χ2n) is 4.47. The van der Waals surface area contributed by atoms with Gasteiger partial charge in [-0.1, -0.05) is 18.2 Å². The molecule has 14 heavy (non-hydrogen) atoms. The molecule has 1 saturated carbocycles. The summed E-state index contributed by atoms with van der Waals surface area (Å²) in [5.74, 6) is 0.875. The van der Waals surface area contributed by atoms with E-state index >= 15 is 0 Å². The summed E-state index contributed by atoms with van der Waals surface area (Å²) in [6.45, 7) is 7.44. The maximum Gasteiger partial charge on any atom is 0.333 e. The highest BCUT2D eigenvalue weighted by Crippen LogP contribution is 2.45. The molecule has 3 unspecified atom stereocenters. The summed E-state index contributed by atoms with van der Waals surface area (Å²) < 4.78 is 5.37. The summed E-state index contributed by atoms with van der Waals surface area (Å²) in [4.78, 5) is 11.3. The number of carbonyl (C=O) groups is 1. The van der Waals surface area contributed by atoms with E-state index in [4.69, 9.17) is 4.74 Å². The van der Waals surface area contributed by atoms with Crippen molar-refractivity contribution in [1.29, 1.82) is 0 Å². The average Bonchev–Trinajstić information content (AvgIpc) is 2.62. The van der Waals surface area contributed by atoms with E-state index in [-0.39, 0.29) is 12.1 Å². The van der Waals surface area contributed by atoms with Gasteiger partial charge in [0.2, 0.25) is 0 Å². The molecule has 3 atom stereocenters. The lowest BCUT2D eigenvalue weighted by atomic mass is 9.98. The predicted octanol–water partition coefficient (Wildman–Crippen LogP) is 2.46. The van der Waals surface area contributed by atoms with Gasteiger partial charge in [0.25, 0.3) is 0 Å². The van der Waals surface area contributed by atoms with Crippen LogP contribution in [-0.2, 0) is 9.53 Å². The van der Waals surface area contributed by atoms with Crippen molar-refractivity contribution in [1.82, 2.24) is 0 Å². The molecule has 1 fully saturated rings. The third-order valence-corrected chi connectivity index (χ3v) is 3.28. The Morgan fingerprint density at radius 1 is 1.57 bits per heavy atom. The van der Waals surface area contributed by atoms with Crippen molar-refractivity contribution in [2.45, 2.75) is 32.8 Å². The largest absolute Gasteiger partial charge is 0.458 e. The fraction of sp³-hybridized carbons (Fsp3) is 0.583. The number of hydrogen-bond acceptors (Lipinski definition) is 2. The molecule has 2 nitrogen and oxygen atoms in total. The molecule has 2 bridgehead atoms. The Hall–Kier alpha value is -1.05. The molecule has 0 spiro atoms. The van der Waals surface area contributed by atoms with E-state index in [1.54, 1.807) is 6.92 Å². The second-order valence-corrected chi connectivity index (χ2v) is 4.47. The summed E-state index contributed by atoms with van der Waals surface area (Å²) in [5.41, 5.74) is 1.96. The van der Waals surface area contributed by atoms with Crippen LogP contribution in [0.3, 0.4) is 0 Å². The lowest BCUT2D eigenvalue weighted by Crippen LogP contribution is -2.23. The third-order valence-electron chi connectivity index (χ3n) is 3.28. The molecular weight excluding hydrogens is 176 g/mol. The first kappa shape index (κ1) is 9.50. The highest BCUT2D eigenvalue weighted by Gasteiger charge is 2.40. The zero-order valence-electron chi connectivity index (χ0n) is 8.75. The van der Waals surface area contributed by atoms with Crippen LogP contribution in [0.5, 0.6) is 0 Å². The first-order valence-corrected chi connectivity index (χ1v) is 5.12. The molecule has 0 aromatic carbocycles. The van der Waals surface area contributed by atoms with Crippen LogP contribution >= 0.6 is 0 Å². The molecule has 76 valence electrons. The Morgan fingerprint density at radius 2 is 2.29 bits per heavy atom. The van der Waals surface area contributed by atoms with Gasteiger partial charge in [0, 0.05) is 11.5 Å². The Bertz CT molecular complexity index is 314. The Balaban J connectivity index is 1.97. The SMILES string of the molecule is C=C(C)C(=O)OC1CC2CC1C=C2C. The van der Waals surface area contributed by atoms with Gasteiger partial charge >= 0.3 is 5.97 Å². The predicted molar refractivity (Wildman–Crippen MR) is 54.7 cm³/mol. The van der Waals surface area contributed by atoms with Gasteiger partial charge in [0.1, 0.15) is 6.10 Å². The summed E-state index contributed by atoms with van der Waals surface area (Å²) in [7, 11) is 0. The smallest absolute Gasteiger partial charge is 0.333 e. The maximum atomic E-state index is 11.3. The van der Waals surface area contributed by atoms with Gasteiger partial charge < -0.3 is 4.74 Å². The second kappa shape index (κ2) is 3.26. The molecule has 0 aromatic heterocycles. The number of hydrogen-bond donors (Lipinski definition) is 0. The minimum absolute atomic E-state index is 0.105. The van der Waals surface area contributed by atoms with Crippen LogP contribution in [0.1, 0.15) is 26.7 Å². The minimum Gasteiger partial charge on any atom is -0.458 e. The van der Waals surface area contributed by atoms with Gasteiger partial charge in [-0.25, -0.2) is 4.79 Å². The molecule has 0 heterocycles. The fourth-order valence-electron chi connectivity index (χ4n) is 2.43. The molecule has 0 N–H and O–H groups in total. The Morgan fingerprint density at radius 3 is 2.71 bits per heavy atom. The molecule has 2 heteroatoms. The van der Waals surface area contributed by atoms with E-state index in [0.29, 0.717) is 17.4 Å². The van der Waals surface area contributed by atoms with Gasteiger partial charge in [-0.05, 0) is 32.6 Å². The van der Waals surface area contributed by atoms with Crippen LogP contribution in [0.15, 0.2) is 23.8 Å². The van der Waals surface area contributed by atoms with E-state index in [0.717, 1.165) is 6.42 Å². The molecule has 2 aliphatic carbocycles. The monoisotopic (exact) mass is 192 g/mol. The van der Waals surface area contributed by atoms with Crippen LogP contribution in [0.25, 0.3) is 0 Å². The van der Waals surface area contributed by atoms with Crippen molar-refractivity contribution < 1.29 is 9.53 Å². The molecule has 2 aliphatic rings. The lowest BCUT2D eigenvalue weighted by molar-refractivity contribution is -0.145. The van der Waals surface area contributed by atoms with Crippen molar-refractivity contribution in [2.24, 2.45) is 11.8 Å². The van der Waals surface area contributed by atoms with E-state index < -0.39 is 0 Å². The van der Waals surface area contributed by atoms with Gasteiger partial charge in [-0.2, -0.15) is 0 Å². The first-order valence-electron chi connectivity index (χ1n) is 5.12. The zero-order chi connectivity index (χ0) is 10.3. The topological polar surface area (TPSA) is 26.3 Å². The van der Waals surface area contributed by atoms with Crippen molar-refractivity contribution >= 4 is 5.97 Å². The van der Waals surface area contributed by atoms with Crippen LogP contribution in [-0.4, -0.2) is 12.1 Å². The number of carbonyl (C=O) groups excluding carboxylic acids is 1. The van der Waals surface area contributed by atoms with Gasteiger partial charge in [0.05, 0.1) is 0 Å². The normalized spacial score (nSPS) is 34.1. The molecule has 0 aromatic rings. The molecule has 2 rings (SSSR count). The minimum atomic E-state index is -0.242. The summed E-state index contributed by atoms with van der Waals surface area (Å²) in [6, 6.07) is 0. The highest BCUT2D eigenvalue weighted by atomic mass is 16.5. The molecule has 0 aliphatic heterocycles. The molecule has 0 amide bonds. The lowest BCUT2D eigenvalue weighted by Gasteiger charge is -2.20. The van der Waals surface area contributed by atoms with E-state index in [1.807, 2.05) is 0 Å². The third kappa shape index (κ3) is 1.49. The Kier molecular flexibility index (Phi) is 2.22. The Labute approximate surface area is 84.6 Å². The first-order chi connectivity index (χ1) is 6.58. The van der Waals surface area contributed by atoms with E-state index in [2.05, 4.69) is 19.6 Å². The van der Waals surface area contributed by atoms with Gasteiger partial charge in [0.15, 0.2) is 0 Å². The highest BCUT2D eigenvalue weighted by molar-refractivity contribution is 5.87. The van der Waals surface area contributed by atoms with Gasteiger partial charge in [-0.3, -0.25) is 0 Å². The fourth-order valence-corrected chi connectivity index (χ4v) is 2.43. The van der Waals surface area contributed by atoms with Crippen molar-refractivity contribution in [3.8, 4) is 0 Å². The van der Waals surface area contributed by atoms with Crippen molar-refractivity contribution in [2.75, 3.05) is 0 Å². The number of fused-ring (bicyclic) bond motifs is 2. The van der Waals surface area contributed by atoms with Crippen LogP contribution in [0.2, 0.25) is 0 Å². The van der Waals surface area contributed by atoms with Crippen molar-refractivity contribution in [3.63, 3.8) is 0 Å². The van der Waals surface area contributed by atoms with Crippen LogP contribution in [0, 0.1) is 11.8 Å². The zero-order valence-corrected chi connectivity index (χ0v) is 8.75. The molecular formula is C12H16O2. The van der Waals surface area contributed by atoms with Crippen LogP contribution < -0.4 is 0 Å². The van der Waals surface area contributed by atoms with E-state index in [1.165, 1.54) is 12.0 Å². The number of rotatable bonds is 2. The quantitative estimate of drug-likeness (QED) is 0.381. The average molecular weight is 192 g/mol. The number of esters is 1.